The highest BCUT2D eigenvalue weighted by molar-refractivity contribution is 6.29. The Bertz CT molecular complexity index is 408. The predicted molar refractivity (Wildman–Crippen MR) is 67.7 cm³/mol. The summed E-state index contributed by atoms with van der Waals surface area (Å²) in [6.45, 7) is 3.70. The molecule has 1 amide bonds. The van der Waals surface area contributed by atoms with Crippen molar-refractivity contribution in [3.05, 3.63) is 29.0 Å². The lowest BCUT2D eigenvalue weighted by Gasteiger charge is -2.16. The van der Waals surface area contributed by atoms with Crippen LogP contribution in [0.15, 0.2) is 18.3 Å². The molecule has 0 aromatic carbocycles. The van der Waals surface area contributed by atoms with Gasteiger partial charge in [-0.05, 0) is 30.0 Å². The maximum Gasteiger partial charge on any atom is 0.223 e. The van der Waals surface area contributed by atoms with Crippen LogP contribution in [0.1, 0.15) is 31.7 Å². The summed E-state index contributed by atoms with van der Waals surface area (Å²) in [5.41, 5.74) is 1.05. The van der Waals surface area contributed by atoms with Gasteiger partial charge in [0.2, 0.25) is 5.91 Å². The second-order valence-electron chi connectivity index (χ2n) is 4.62. The van der Waals surface area contributed by atoms with Crippen molar-refractivity contribution in [2.75, 3.05) is 6.54 Å². The summed E-state index contributed by atoms with van der Waals surface area (Å²) in [5.74, 6) is 0.793. The molecule has 1 aromatic rings. The smallest absolute Gasteiger partial charge is 0.223 e. The average Bonchev–Trinajstić information content (AvgIpc) is 2.60. The third-order valence-electron chi connectivity index (χ3n) is 3.16. The molecule has 0 aliphatic carbocycles. The van der Waals surface area contributed by atoms with Crippen molar-refractivity contribution < 1.29 is 4.79 Å². The van der Waals surface area contributed by atoms with E-state index >= 15 is 0 Å². The number of nitrogens with zero attached hydrogens (tertiary/aromatic N) is 2. The van der Waals surface area contributed by atoms with E-state index in [1.807, 2.05) is 17.0 Å². The van der Waals surface area contributed by atoms with Crippen molar-refractivity contribution in [3.63, 3.8) is 0 Å². The van der Waals surface area contributed by atoms with Crippen LogP contribution in [0.25, 0.3) is 0 Å². The van der Waals surface area contributed by atoms with E-state index in [0.717, 1.165) is 24.9 Å². The fourth-order valence-corrected chi connectivity index (χ4v) is 2.57. The monoisotopic (exact) mass is 252 g/mol. The van der Waals surface area contributed by atoms with E-state index in [1.54, 1.807) is 6.20 Å². The van der Waals surface area contributed by atoms with Gasteiger partial charge in [0.1, 0.15) is 5.15 Å². The zero-order valence-corrected chi connectivity index (χ0v) is 10.8. The Morgan fingerprint density at radius 1 is 1.59 bits per heavy atom. The summed E-state index contributed by atoms with van der Waals surface area (Å²) >= 11 is 5.83. The first-order valence-electron chi connectivity index (χ1n) is 6.07. The summed E-state index contributed by atoms with van der Waals surface area (Å²) in [4.78, 5) is 17.7. The maximum atomic E-state index is 11.8. The Morgan fingerprint density at radius 2 is 2.41 bits per heavy atom. The number of hydrogen-bond acceptors (Lipinski definition) is 2. The standard InChI is InChI=1S/C13H17ClN2O/c1-2-3-10-7-13(17)16(8-10)9-11-4-5-15-12(14)6-11/h4-6,10H,2-3,7-9H2,1H3. The number of pyridine rings is 1. The van der Waals surface area contributed by atoms with Gasteiger partial charge in [0.05, 0.1) is 0 Å². The van der Waals surface area contributed by atoms with Crippen LogP contribution in [0.2, 0.25) is 5.15 Å². The van der Waals surface area contributed by atoms with E-state index < -0.39 is 0 Å². The molecule has 1 aromatic heterocycles. The van der Waals surface area contributed by atoms with Crippen molar-refractivity contribution >= 4 is 17.5 Å². The third-order valence-corrected chi connectivity index (χ3v) is 3.36. The van der Waals surface area contributed by atoms with Gasteiger partial charge >= 0.3 is 0 Å². The quantitative estimate of drug-likeness (QED) is 0.772. The van der Waals surface area contributed by atoms with Crippen molar-refractivity contribution in [2.24, 2.45) is 5.92 Å². The lowest BCUT2D eigenvalue weighted by atomic mass is 10.0. The number of likely N-dealkylation sites (tertiary alicyclic amines) is 1. The molecule has 1 aliphatic heterocycles. The summed E-state index contributed by atoms with van der Waals surface area (Å²) in [6, 6.07) is 3.73. The van der Waals surface area contributed by atoms with Gasteiger partial charge in [0.15, 0.2) is 0 Å². The van der Waals surface area contributed by atoms with E-state index in [0.29, 0.717) is 24.0 Å². The van der Waals surface area contributed by atoms with Gasteiger partial charge in [0, 0.05) is 25.7 Å². The molecule has 3 nitrogen and oxygen atoms in total. The number of carbonyl (C=O) groups is 1. The lowest BCUT2D eigenvalue weighted by Crippen LogP contribution is -2.24. The van der Waals surface area contributed by atoms with E-state index in [-0.39, 0.29) is 5.91 Å². The van der Waals surface area contributed by atoms with Gasteiger partial charge in [-0.25, -0.2) is 4.98 Å². The molecular weight excluding hydrogens is 236 g/mol. The fraction of sp³-hybridized carbons (Fsp3) is 0.538. The lowest BCUT2D eigenvalue weighted by molar-refractivity contribution is -0.128. The molecule has 2 heterocycles. The van der Waals surface area contributed by atoms with Crippen molar-refractivity contribution in [1.29, 1.82) is 0 Å². The van der Waals surface area contributed by atoms with Crippen LogP contribution < -0.4 is 0 Å². The predicted octanol–water partition coefficient (Wildman–Crippen LogP) is 2.88. The fourth-order valence-electron chi connectivity index (χ4n) is 2.37. The summed E-state index contributed by atoms with van der Waals surface area (Å²) in [5, 5.41) is 0.485. The summed E-state index contributed by atoms with van der Waals surface area (Å²) in [6.07, 6.45) is 4.67. The Hall–Kier alpha value is -1.09. The summed E-state index contributed by atoms with van der Waals surface area (Å²) < 4.78 is 0. The van der Waals surface area contributed by atoms with Gasteiger partial charge < -0.3 is 4.90 Å². The number of rotatable bonds is 4. The molecule has 0 radical (unpaired) electrons. The highest BCUT2D eigenvalue weighted by Gasteiger charge is 2.28. The minimum Gasteiger partial charge on any atom is -0.338 e. The largest absolute Gasteiger partial charge is 0.338 e. The SMILES string of the molecule is CCCC1CC(=O)N(Cc2ccnc(Cl)c2)C1. The zero-order valence-electron chi connectivity index (χ0n) is 10.0. The van der Waals surface area contributed by atoms with Gasteiger partial charge in [0.25, 0.3) is 0 Å². The van der Waals surface area contributed by atoms with Crippen LogP contribution in [0.3, 0.4) is 0 Å². The first-order chi connectivity index (χ1) is 8.19. The van der Waals surface area contributed by atoms with Crippen molar-refractivity contribution in [2.45, 2.75) is 32.7 Å². The molecule has 1 atom stereocenters. The van der Waals surface area contributed by atoms with Crippen LogP contribution >= 0.6 is 11.6 Å². The number of amides is 1. The Morgan fingerprint density at radius 3 is 3.12 bits per heavy atom. The molecule has 17 heavy (non-hydrogen) atoms. The van der Waals surface area contributed by atoms with E-state index in [4.69, 9.17) is 11.6 Å². The first kappa shape index (κ1) is 12.4. The Balaban J connectivity index is 1.98. The molecule has 0 N–H and O–H groups in total. The van der Waals surface area contributed by atoms with Gasteiger partial charge in [-0.2, -0.15) is 0 Å². The topological polar surface area (TPSA) is 33.2 Å². The number of carbonyl (C=O) groups excluding carboxylic acids is 1. The van der Waals surface area contributed by atoms with Gasteiger partial charge in [-0.15, -0.1) is 0 Å². The molecule has 4 heteroatoms. The molecule has 1 fully saturated rings. The van der Waals surface area contributed by atoms with E-state index in [9.17, 15) is 4.79 Å². The molecule has 1 unspecified atom stereocenters. The Kier molecular flexibility index (Phi) is 4.00. The molecule has 0 spiro atoms. The third kappa shape index (κ3) is 3.19. The zero-order chi connectivity index (χ0) is 12.3. The van der Waals surface area contributed by atoms with Gasteiger partial charge in [-0.1, -0.05) is 24.9 Å². The highest BCUT2D eigenvalue weighted by Crippen LogP contribution is 2.24. The Labute approximate surface area is 107 Å². The molecule has 0 bridgehead atoms. The van der Waals surface area contributed by atoms with E-state index in [2.05, 4.69) is 11.9 Å². The molecule has 92 valence electrons. The highest BCUT2D eigenvalue weighted by atomic mass is 35.5. The number of halogens is 1. The second kappa shape index (κ2) is 5.50. The van der Waals surface area contributed by atoms with Crippen molar-refractivity contribution in [3.8, 4) is 0 Å². The normalized spacial score (nSPS) is 20.0. The molecule has 2 rings (SSSR count). The molecule has 1 aliphatic rings. The minimum atomic E-state index is 0.261. The summed E-state index contributed by atoms with van der Waals surface area (Å²) in [7, 11) is 0. The van der Waals surface area contributed by atoms with Gasteiger partial charge in [-0.3, -0.25) is 4.79 Å². The molecular formula is C13H17ClN2O. The van der Waals surface area contributed by atoms with Crippen molar-refractivity contribution in [1.82, 2.24) is 9.88 Å². The maximum absolute atomic E-state index is 11.8. The van der Waals surface area contributed by atoms with Crippen LogP contribution in [0, 0.1) is 5.92 Å². The van der Waals surface area contributed by atoms with Crippen LogP contribution in [0.4, 0.5) is 0 Å². The van der Waals surface area contributed by atoms with Crippen LogP contribution in [-0.4, -0.2) is 22.3 Å². The number of aromatic nitrogens is 1. The van der Waals surface area contributed by atoms with E-state index in [1.165, 1.54) is 0 Å². The van der Waals surface area contributed by atoms with Crippen LogP contribution in [-0.2, 0) is 11.3 Å². The first-order valence-corrected chi connectivity index (χ1v) is 6.45. The van der Waals surface area contributed by atoms with Crippen LogP contribution in [0.5, 0.6) is 0 Å². The minimum absolute atomic E-state index is 0.261. The molecule has 1 saturated heterocycles. The molecule has 0 saturated carbocycles. The second-order valence-corrected chi connectivity index (χ2v) is 5.01. The average molecular weight is 253 g/mol. The number of hydrogen-bond donors (Lipinski definition) is 0.